The summed E-state index contributed by atoms with van der Waals surface area (Å²) in [5.74, 6) is 0.436. The van der Waals surface area contributed by atoms with Crippen LogP contribution >= 0.6 is 0 Å². The molecule has 100 valence electrons. The number of rotatable bonds is 3. The van der Waals surface area contributed by atoms with E-state index in [1.54, 1.807) is 12.1 Å². The Balaban J connectivity index is 1.85. The van der Waals surface area contributed by atoms with Crippen LogP contribution in [0.25, 0.3) is 0 Å². The summed E-state index contributed by atoms with van der Waals surface area (Å²) in [5.41, 5.74) is 2.57. The van der Waals surface area contributed by atoms with Crippen LogP contribution in [0.5, 0.6) is 5.75 Å². The number of hydrogen-bond donors (Lipinski definition) is 1. The molecule has 2 aromatic rings. The average Bonchev–Trinajstić information content (AvgIpc) is 2.83. The van der Waals surface area contributed by atoms with Crippen LogP contribution in [0.4, 0.5) is 0 Å². The molecule has 1 N–H and O–H groups in total. The summed E-state index contributed by atoms with van der Waals surface area (Å²) >= 11 is 0. The molecule has 0 amide bonds. The Hall–Kier alpha value is -2.62. The van der Waals surface area contributed by atoms with Crippen LogP contribution in [0.2, 0.25) is 0 Å². The second-order valence-electron chi connectivity index (χ2n) is 4.61. The van der Waals surface area contributed by atoms with Crippen molar-refractivity contribution < 1.29 is 14.7 Å². The lowest BCUT2D eigenvalue weighted by molar-refractivity contribution is 0.106. The number of ketones is 1. The molecule has 2 aromatic carbocycles. The molecule has 0 spiro atoms. The van der Waals surface area contributed by atoms with E-state index in [0.717, 1.165) is 11.1 Å². The van der Waals surface area contributed by atoms with Gasteiger partial charge in [-0.05, 0) is 11.6 Å². The molecule has 0 atom stereocenters. The van der Waals surface area contributed by atoms with E-state index in [1.807, 2.05) is 36.4 Å². The molecule has 0 fully saturated rings. The number of ether oxygens (including phenoxy) is 1. The molecule has 0 aliphatic heterocycles. The Morgan fingerprint density at radius 2 is 1.90 bits per heavy atom. The Labute approximate surface area is 116 Å². The van der Waals surface area contributed by atoms with Gasteiger partial charge in [0.15, 0.2) is 0 Å². The molecule has 4 heteroatoms. The average molecular weight is 267 g/mol. The second kappa shape index (κ2) is 5.17. The third-order valence-corrected chi connectivity index (χ3v) is 3.34. The normalized spacial score (nSPS) is 15.4. The van der Waals surface area contributed by atoms with E-state index in [1.165, 1.54) is 0 Å². The molecular weight excluding hydrogens is 254 g/mol. The first-order valence-electron chi connectivity index (χ1n) is 6.34. The third-order valence-electron chi connectivity index (χ3n) is 3.34. The van der Waals surface area contributed by atoms with E-state index < -0.39 is 0 Å². The smallest absolute Gasteiger partial charge is 0.211 e. The summed E-state index contributed by atoms with van der Waals surface area (Å²) in [5, 5.41) is 11.9. The maximum atomic E-state index is 11.9. The number of fused-ring (bicyclic) bond motifs is 1. The standard InChI is InChI=1S/C16H13NO3/c18-16-12-7-4-8-15(13(12)9-14(16)17-19)20-10-11-5-2-1-3-6-11/h1-8,19H,9-10H2/b17-14-. The molecule has 3 rings (SSSR count). The van der Waals surface area contributed by atoms with Gasteiger partial charge in [-0.2, -0.15) is 0 Å². The van der Waals surface area contributed by atoms with Gasteiger partial charge in [0.1, 0.15) is 18.1 Å². The highest BCUT2D eigenvalue weighted by Gasteiger charge is 2.29. The van der Waals surface area contributed by atoms with Crippen molar-refractivity contribution in [3.8, 4) is 5.75 Å². The lowest BCUT2D eigenvalue weighted by Gasteiger charge is -2.09. The highest BCUT2D eigenvalue weighted by molar-refractivity contribution is 6.49. The summed E-state index contributed by atoms with van der Waals surface area (Å²) in [6.45, 7) is 0.442. The zero-order valence-electron chi connectivity index (χ0n) is 10.7. The minimum atomic E-state index is -0.229. The monoisotopic (exact) mass is 267 g/mol. The Bertz CT molecular complexity index is 677. The lowest BCUT2D eigenvalue weighted by Crippen LogP contribution is -2.06. The number of carbonyl (C=O) groups excluding carboxylic acids is 1. The quantitative estimate of drug-likeness (QED) is 0.687. The molecule has 0 unspecified atom stereocenters. The van der Waals surface area contributed by atoms with Crippen LogP contribution in [-0.2, 0) is 13.0 Å². The van der Waals surface area contributed by atoms with Gasteiger partial charge in [-0.15, -0.1) is 0 Å². The Morgan fingerprint density at radius 1 is 1.10 bits per heavy atom. The second-order valence-corrected chi connectivity index (χ2v) is 4.61. The Kier molecular flexibility index (Phi) is 3.21. The lowest BCUT2D eigenvalue weighted by atomic mass is 10.1. The maximum Gasteiger partial charge on any atom is 0.211 e. The van der Waals surface area contributed by atoms with Crippen LogP contribution in [-0.4, -0.2) is 16.7 Å². The van der Waals surface area contributed by atoms with E-state index >= 15 is 0 Å². The number of carbonyl (C=O) groups is 1. The minimum Gasteiger partial charge on any atom is -0.489 e. The van der Waals surface area contributed by atoms with Crippen LogP contribution in [0.3, 0.4) is 0 Å². The van der Waals surface area contributed by atoms with E-state index in [4.69, 9.17) is 9.94 Å². The number of hydrogen-bond acceptors (Lipinski definition) is 4. The fourth-order valence-electron chi connectivity index (χ4n) is 2.32. The minimum absolute atomic E-state index is 0.163. The molecule has 0 bridgehead atoms. The highest BCUT2D eigenvalue weighted by Crippen LogP contribution is 2.30. The van der Waals surface area contributed by atoms with E-state index in [0.29, 0.717) is 24.3 Å². The summed E-state index contributed by atoms with van der Waals surface area (Å²) in [7, 11) is 0. The van der Waals surface area contributed by atoms with E-state index in [2.05, 4.69) is 5.16 Å². The number of nitrogens with zero attached hydrogens (tertiary/aromatic N) is 1. The Morgan fingerprint density at radius 3 is 2.65 bits per heavy atom. The molecule has 0 saturated carbocycles. The fraction of sp³-hybridized carbons (Fsp3) is 0.125. The van der Waals surface area contributed by atoms with Gasteiger partial charge in [-0.1, -0.05) is 47.6 Å². The molecular formula is C16H13NO3. The van der Waals surface area contributed by atoms with Gasteiger partial charge in [-0.3, -0.25) is 4.79 Å². The van der Waals surface area contributed by atoms with Crippen molar-refractivity contribution in [3.63, 3.8) is 0 Å². The third kappa shape index (κ3) is 2.16. The van der Waals surface area contributed by atoms with Crippen molar-refractivity contribution in [2.45, 2.75) is 13.0 Å². The van der Waals surface area contributed by atoms with Gasteiger partial charge < -0.3 is 9.94 Å². The molecule has 0 aromatic heterocycles. The number of Topliss-reactive ketones (excluding diaryl/α,β-unsaturated/α-hetero) is 1. The molecule has 0 saturated heterocycles. The van der Waals surface area contributed by atoms with Gasteiger partial charge in [0.05, 0.1) is 0 Å². The van der Waals surface area contributed by atoms with Crippen LogP contribution in [0.15, 0.2) is 53.7 Å². The van der Waals surface area contributed by atoms with Gasteiger partial charge in [-0.25, -0.2) is 0 Å². The number of oxime groups is 1. The summed E-state index contributed by atoms with van der Waals surface area (Å²) in [6.07, 6.45) is 0.315. The molecule has 0 heterocycles. The molecule has 20 heavy (non-hydrogen) atoms. The molecule has 1 aliphatic carbocycles. The molecule has 1 aliphatic rings. The molecule has 0 radical (unpaired) electrons. The van der Waals surface area contributed by atoms with Crippen molar-refractivity contribution in [1.82, 2.24) is 0 Å². The summed E-state index contributed by atoms with van der Waals surface area (Å²) < 4.78 is 5.79. The van der Waals surface area contributed by atoms with Gasteiger partial charge in [0, 0.05) is 17.5 Å². The topological polar surface area (TPSA) is 58.9 Å². The first-order valence-corrected chi connectivity index (χ1v) is 6.34. The molecule has 4 nitrogen and oxygen atoms in total. The van der Waals surface area contributed by atoms with Crippen molar-refractivity contribution in [2.24, 2.45) is 5.16 Å². The summed E-state index contributed by atoms with van der Waals surface area (Å²) in [6, 6.07) is 15.1. The maximum absolute atomic E-state index is 11.9. The van der Waals surface area contributed by atoms with Crippen LogP contribution in [0.1, 0.15) is 21.5 Å². The first-order chi connectivity index (χ1) is 9.79. The predicted molar refractivity (Wildman–Crippen MR) is 74.5 cm³/mol. The van der Waals surface area contributed by atoms with Gasteiger partial charge in [0.25, 0.3) is 0 Å². The fourth-order valence-corrected chi connectivity index (χ4v) is 2.32. The van der Waals surface area contributed by atoms with Crippen LogP contribution < -0.4 is 4.74 Å². The van der Waals surface area contributed by atoms with Crippen molar-refractivity contribution in [1.29, 1.82) is 0 Å². The first kappa shape index (κ1) is 12.4. The van der Waals surface area contributed by atoms with Crippen molar-refractivity contribution >= 4 is 11.5 Å². The van der Waals surface area contributed by atoms with Crippen LogP contribution in [0, 0.1) is 0 Å². The van der Waals surface area contributed by atoms with Gasteiger partial charge >= 0.3 is 0 Å². The summed E-state index contributed by atoms with van der Waals surface area (Å²) in [4.78, 5) is 11.9. The predicted octanol–water partition coefficient (Wildman–Crippen LogP) is 2.83. The van der Waals surface area contributed by atoms with E-state index in [-0.39, 0.29) is 11.5 Å². The largest absolute Gasteiger partial charge is 0.489 e. The SMILES string of the molecule is O=C1/C(=N\O)Cc2c(OCc3ccccc3)cccc21. The number of benzene rings is 2. The zero-order chi connectivity index (χ0) is 13.9. The zero-order valence-corrected chi connectivity index (χ0v) is 10.7. The van der Waals surface area contributed by atoms with E-state index in [9.17, 15) is 4.79 Å². The highest BCUT2D eigenvalue weighted by atomic mass is 16.5. The van der Waals surface area contributed by atoms with Crippen molar-refractivity contribution in [3.05, 3.63) is 65.2 Å². The van der Waals surface area contributed by atoms with Gasteiger partial charge in [0.2, 0.25) is 5.78 Å². The van der Waals surface area contributed by atoms with Crippen molar-refractivity contribution in [2.75, 3.05) is 0 Å².